The second kappa shape index (κ2) is 6.25. The van der Waals surface area contributed by atoms with E-state index in [4.69, 9.17) is 34.8 Å². The van der Waals surface area contributed by atoms with Crippen LogP contribution in [0.25, 0.3) is 5.57 Å². The predicted molar refractivity (Wildman–Crippen MR) is 97.6 cm³/mol. The van der Waals surface area contributed by atoms with Crippen LogP contribution >= 0.6 is 34.8 Å². The van der Waals surface area contributed by atoms with Crippen molar-refractivity contribution in [3.63, 3.8) is 0 Å². The molecule has 0 unspecified atom stereocenters. The highest BCUT2D eigenvalue weighted by Gasteiger charge is 2.40. The molecule has 0 aromatic heterocycles. The summed E-state index contributed by atoms with van der Waals surface area (Å²) in [7, 11) is 0. The van der Waals surface area contributed by atoms with Crippen molar-refractivity contribution < 1.29 is 9.59 Å². The number of amides is 2. The Bertz CT molecular complexity index is 918. The largest absolute Gasteiger partial charge is 0.277 e. The van der Waals surface area contributed by atoms with E-state index in [1.54, 1.807) is 24.3 Å². The van der Waals surface area contributed by atoms with Crippen LogP contribution < -0.4 is 4.90 Å². The summed E-state index contributed by atoms with van der Waals surface area (Å²) in [6.45, 7) is 3.77. The van der Waals surface area contributed by atoms with Gasteiger partial charge in [-0.1, -0.05) is 53.0 Å². The highest BCUT2D eigenvalue weighted by Crippen LogP contribution is 2.39. The third-order valence-electron chi connectivity index (χ3n) is 4.04. The van der Waals surface area contributed by atoms with Crippen LogP contribution in [-0.2, 0) is 9.59 Å². The van der Waals surface area contributed by atoms with Crippen molar-refractivity contribution in [3.05, 3.63) is 68.2 Å². The lowest BCUT2D eigenvalue weighted by Crippen LogP contribution is -2.31. The second-order valence-corrected chi connectivity index (χ2v) is 6.70. The Hall–Kier alpha value is -1.81. The van der Waals surface area contributed by atoms with E-state index in [1.165, 1.54) is 6.07 Å². The normalized spacial score (nSPS) is 14.8. The van der Waals surface area contributed by atoms with Crippen LogP contribution in [0.15, 0.2) is 41.4 Å². The number of hydrogen-bond donors (Lipinski definition) is 0. The van der Waals surface area contributed by atoms with Crippen molar-refractivity contribution in [3.8, 4) is 0 Å². The van der Waals surface area contributed by atoms with Crippen molar-refractivity contribution in [1.82, 2.24) is 0 Å². The molecule has 0 fully saturated rings. The van der Waals surface area contributed by atoms with E-state index in [1.807, 2.05) is 19.9 Å². The first-order valence-corrected chi connectivity index (χ1v) is 8.26. The van der Waals surface area contributed by atoms with E-state index in [9.17, 15) is 9.59 Å². The van der Waals surface area contributed by atoms with E-state index >= 15 is 0 Å². The first-order chi connectivity index (χ1) is 11.3. The molecular weight excluding hydrogens is 369 g/mol. The average molecular weight is 381 g/mol. The Balaban J connectivity index is 2.13. The van der Waals surface area contributed by atoms with Crippen molar-refractivity contribution in [2.24, 2.45) is 0 Å². The van der Waals surface area contributed by atoms with Crippen LogP contribution in [0.4, 0.5) is 5.69 Å². The number of halogens is 3. The van der Waals surface area contributed by atoms with Crippen LogP contribution in [0.1, 0.15) is 16.7 Å². The summed E-state index contributed by atoms with van der Waals surface area (Å²) in [5, 5.41) is 0.549. The van der Waals surface area contributed by atoms with Crippen LogP contribution in [0.3, 0.4) is 0 Å². The van der Waals surface area contributed by atoms with E-state index in [2.05, 4.69) is 0 Å². The highest BCUT2D eigenvalue weighted by atomic mass is 35.5. The van der Waals surface area contributed by atoms with Gasteiger partial charge >= 0.3 is 0 Å². The summed E-state index contributed by atoms with van der Waals surface area (Å²) in [6, 6.07) is 10.1. The third-order valence-corrected chi connectivity index (χ3v) is 4.94. The Morgan fingerprint density at radius 3 is 2.29 bits per heavy atom. The van der Waals surface area contributed by atoms with Gasteiger partial charge in [0.15, 0.2) is 0 Å². The number of anilines is 1. The molecule has 1 heterocycles. The van der Waals surface area contributed by atoms with Crippen molar-refractivity contribution in [2.45, 2.75) is 13.8 Å². The quantitative estimate of drug-likeness (QED) is 0.677. The monoisotopic (exact) mass is 379 g/mol. The maximum absolute atomic E-state index is 12.9. The molecule has 0 radical (unpaired) electrons. The molecule has 0 saturated heterocycles. The zero-order chi connectivity index (χ0) is 17.6. The fraction of sp³-hybridized carbons (Fsp3) is 0.111. The third kappa shape index (κ3) is 2.63. The van der Waals surface area contributed by atoms with Gasteiger partial charge in [0.2, 0.25) is 0 Å². The number of imide groups is 1. The Morgan fingerprint density at radius 2 is 1.62 bits per heavy atom. The molecule has 0 saturated carbocycles. The standard InChI is InChI=1S/C18H12Cl3NO2/c1-9-4-3-5-14(10(9)2)22-17(23)15(16(21)18(22)24)12-7-6-11(19)8-13(12)20/h3-8H,1-2H3. The number of carbonyl (C=O) groups excluding carboxylic acids is 2. The fourth-order valence-electron chi connectivity index (χ4n) is 2.63. The number of benzene rings is 2. The van der Waals surface area contributed by atoms with Gasteiger partial charge in [0.1, 0.15) is 5.03 Å². The summed E-state index contributed by atoms with van der Waals surface area (Å²) in [4.78, 5) is 26.6. The number of rotatable bonds is 2. The molecule has 0 spiro atoms. The topological polar surface area (TPSA) is 37.4 Å². The van der Waals surface area contributed by atoms with Gasteiger partial charge in [-0.2, -0.15) is 0 Å². The van der Waals surface area contributed by atoms with Gasteiger partial charge in [0, 0.05) is 10.6 Å². The summed E-state index contributed by atoms with van der Waals surface area (Å²) in [5.74, 6) is -1.06. The lowest BCUT2D eigenvalue weighted by Gasteiger charge is -2.18. The molecule has 0 aliphatic carbocycles. The Morgan fingerprint density at radius 1 is 0.917 bits per heavy atom. The molecule has 2 amide bonds. The minimum atomic E-state index is -0.559. The van der Waals surface area contributed by atoms with Gasteiger partial charge in [-0.15, -0.1) is 0 Å². The summed E-state index contributed by atoms with van der Waals surface area (Å²) in [5.41, 5.74) is 2.80. The molecule has 24 heavy (non-hydrogen) atoms. The predicted octanol–water partition coefficient (Wildman–Crippen LogP) is 5.13. The first-order valence-electron chi connectivity index (χ1n) is 7.13. The van der Waals surface area contributed by atoms with Gasteiger partial charge in [0.25, 0.3) is 11.8 Å². The molecule has 3 rings (SSSR count). The summed E-state index contributed by atoms with van der Waals surface area (Å²) < 4.78 is 0. The first kappa shape index (κ1) is 17.0. The van der Waals surface area contributed by atoms with E-state index in [0.717, 1.165) is 16.0 Å². The van der Waals surface area contributed by atoms with Gasteiger partial charge in [-0.05, 0) is 43.2 Å². The van der Waals surface area contributed by atoms with Crippen molar-refractivity contribution in [1.29, 1.82) is 0 Å². The van der Waals surface area contributed by atoms with Gasteiger partial charge in [-0.3, -0.25) is 9.59 Å². The molecule has 2 aromatic carbocycles. The average Bonchev–Trinajstić information content (AvgIpc) is 2.74. The number of carbonyl (C=O) groups is 2. The minimum Gasteiger partial charge on any atom is -0.268 e. The number of hydrogen-bond acceptors (Lipinski definition) is 2. The zero-order valence-electron chi connectivity index (χ0n) is 12.9. The Labute approximate surface area is 154 Å². The molecule has 0 atom stereocenters. The molecular formula is C18H12Cl3NO2. The zero-order valence-corrected chi connectivity index (χ0v) is 15.1. The lowest BCUT2D eigenvalue weighted by molar-refractivity contribution is -0.119. The van der Waals surface area contributed by atoms with Gasteiger partial charge < -0.3 is 0 Å². The number of nitrogens with zero attached hydrogens (tertiary/aromatic N) is 1. The maximum atomic E-state index is 12.9. The minimum absolute atomic E-state index is 0.0873. The number of aryl methyl sites for hydroxylation is 1. The van der Waals surface area contributed by atoms with Crippen LogP contribution in [0, 0.1) is 13.8 Å². The Kier molecular flexibility index (Phi) is 4.43. The van der Waals surface area contributed by atoms with Gasteiger partial charge in [-0.25, -0.2) is 4.90 Å². The smallest absolute Gasteiger partial charge is 0.268 e. The highest BCUT2D eigenvalue weighted by molar-refractivity contribution is 6.61. The molecule has 0 bridgehead atoms. The lowest BCUT2D eigenvalue weighted by atomic mass is 10.1. The summed E-state index contributed by atoms with van der Waals surface area (Å²) >= 11 is 18.3. The maximum Gasteiger partial charge on any atom is 0.277 e. The molecule has 1 aliphatic heterocycles. The van der Waals surface area contributed by atoms with Crippen LogP contribution in [0.2, 0.25) is 10.0 Å². The molecule has 0 N–H and O–H groups in total. The molecule has 122 valence electrons. The van der Waals surface area contributed by atoms with Crippen LogP contribution in [0.5, 0.6) is 0 Å². The molecule has 6 heteroatoms. The second-order valence-electron chi connectivity index (χ2n) is 5.48. The van der Waals surface area contributed by atoms with Crippen molar-refractivity contribution >= 4 is 57.9 Å². The SMILES string of the molecule is Cc1cccc(N2C(=O)C(Cl)=C(c3ccc(Cl)cc3Cl)C2=O)c1C. The van der Waals surface area contributed by atoms with Crippen molar-refractivity contribution in [2.75, 3.05) is 4.90 Å². The van der Waals surface area contributed by atoms with E-state index < -0.39 is 11.8 Å². The van der Waals surface area contributed by atoms with E-state index in [0.29, 0.717) is 16.3 Å². The molecule has 3 nitrogen and oxygen atoms in total. The molecule has 2 aromatic rings. The van der Waals surface area contributed by atoms with Crippen LogP contribution in [-0.4, -0.2) is 11.8 Å². The fourth-order valence-corrected chi connectivity index (χ4v) is 3.40. The van der Waals surface area contributed by atoms with Gasteiger partial charge in [0.05, 0.1) is 16.3 Å². The summed E-state index contributed by atoms with van der Waals surface area (Å²) in [6.07, 6.45) is 0. The van der Waals surface area contributed by atoms with E-state index in [-0.39, 0.29) is 15.6 Å². The molecule has 1 aliphatic rings.